The Kier molecular flexibility index (Phi) is 2.89. The van der Waals surface area contributed by atoms with Gasteiger partial charge in [0, 0.05) is 0 Å². The molecule has 0 heterocycles. The summed E-state index contributed by atoms with van der Waals surface area (Å²) in [5.74, 6) is 0. The Balaban J connectivity index is 3.55. The van der Waals surface area contributed by atoms with E-state index < -0.39 is 13.0 Å². The minimum atomic E-state index is -1.97. The lowest BCUT2D eigenvalue weighted by Gasteiger charge is -2.06. The highest BCUT2D eigenvalue weighted by atomic mass is 35.7. The fraction of sp³-hybridized carbons (Fsp3) is 1.00. The maximum atomic E-state index is 10.2. The van der Waals surface area contributed by atoms with Crippen molar-refractivity contribution < 1.29 is 9.09 Å². The van der Waals surface area contributed by atoms with Gasteiger partial charge in [-0.2, -0.15) is 0 Å². The van der Waals surface area contributed by atoms with Crippen LogP contribution in [-0.4, -0.2) is 5.60 Å². The first-order valence-electron chi connectivity index (χ1n) is 2.24. The second kappa shape index (κ2) is 2.77. The van der Waals surface area contributed by atoms with Crippen LogP contribution in [0.4, 0.5) is 0 Å². The standard InChI is InChI=1S/C4H9ClO2P/c1-4(2,3)7-8(5)6/h1-3H3/q+1. The SMILES string of the molecule is CC(C)(C)O[P+](=O)Cl. The van der Waals surface area contributed by atoms with Gasteiger partial charge in [-0.1, -0.05) is 0 Å². The molecule has 0 N–H and O–H groups in total. The number of halogens is 1. The van der Waals surface area contributed by atoms with E-state index in [1.165, 1.54) is 0 Å². The molecule has 2 nitrogen and oxygen atoms in total. The largest absolute Gasteiger partial charge is 0.634 e. The summed E-state index contributed by atoms with van der Waals surface area (Å²) in [5.41, 5.74) is -0.394. The molecule has 48 valence electrons. The van der Waals surface area contributed by atoms with Crippen LogP contribution in [-0.2, 0) is 9.09 Å². The maximum Gasteiger partial charge on any atom is 0.634 e. The molecule has 0 aliphatic heterocycles. The van der Waals surface area contributed by atoms with Gasteiger partial charge in [0.2, 0.25) is 11.2 Å². The summed E-state index contributed by atoms with van der Waals surface area (Å²) in [4.78, 5) is 0. The molecule has 0 aromatic carbocycles. The molecule has 0 aromatic rings. The fourth-order valence-corrected chi connectivity index (χ4v) is 1.27. The lowest BCUT2D eigenvalue weighted by molar-refractivity contribution is 0.148. The smallest absolute Gasteiger partial charge is 0.125 e. The van der Waals surface area contributed by atoms with E-state index in [1.807, 2.05) is 0 Å². The molecule has 0 spiro atoms. The van der Waals surface area contributed by atoms with Crippen LogP contribution in [0.3, 0.4) is 0 Å². The van der Waals surface area contributed by atoms with E-state index in [-0.39, 0.29) is 0 Å². The molecule has 0 rings (SSSR count). The zero-order valence-electron chi connectivity index (χ0n) is 5.14. The van der Waals surface area contributed by atoms with Gasteiger partial charge in [-0.15, -0.1) is 4.52 Å². The minimum absolute atomic E-state index is 0.394. The third-order valence-corrected chi connectivity index (χ3v) is 1.24. The first-order valence-corrected chi connectivity index (χ1v) is 4.32. The molecule has 1 atom stereocenters. The van der Waals surface area contributed by atoms with Crippen molar-refractivity contribution >= 4 is 18.6 Å². The Hall–Kier alpha value is 0.350. The second-order valence-electron chi connectivity index (χ2n) is 2.42. The molecule has 0 aliphatic rings. The van der Waals surface area contributed by atoms with Crippen LogP contribution in [0.25, 0.3) is 0 Å². The van der Waals surface area contributed by atoms with Crippen molar-refractivity contribution in [1.29, 1.82) is 0 Å². The molecule has 0 saturated heterocycles. The first kappa shape index (κ1) is 8.35. The van der Waals surface area contributed by atoms with Crippen molar-refractivity contribution in [2.75, 3.05) is 0 Å². The van der Waals surface area contributed by atoms with E-state index >= 15 is 0 Å². The van der Waals surface area contributed by atoms with E-state index in [9.17, 15) is 4.57 Å². The van der Waals surface area contributed by atoms with Crippen LogP contribution in [0.5, 0.6) is 0 Å². The topological polar surface area (TPSA) is 26.3 Å². The molecule has 0 fully saturated rings. The van der Waals surface area contributed by atoms with Crippen LogP contribution in [0.15, 0.2) is 0 Å². The highest BCUT2D eigenvalue weighted by Gasteiger charge is 2.25. The lowest BCUT2D eigenvalue weighted by Crippen LogP contribution is -2.13. The van der Waals surface area contributed by atoms with Crippen molar-refractivity contribution in [1.82, 2.24) is 0 Å². The molecule has 0 saturated carbocycles. The summed E-state index contributed by atoms with van der Waals surface area (Å²) in [6.45, 7) is 5.38. The predicted octanol–water partition coefficient (Wildman–Crippen LogP) is 2.70. The van der Waals surface area contributed by atoms with Crippen LogP contribution < -0.4 is 0 Å². The molecule has 0 amide bonds. The van der Waals surface area contributed by atoms with Crippen LogP contribution in [0, 0.1) is 0 Å². The van der Waals surface area contributed by atoms with Gasteiger partial charge in [0.05, 0.1) is 0 Å². The van der Waals surface area contributed by atoms with E-state index in [0.29, 0.717) is 0 Å². The average Bonchev–Trinajstić information content (AvgIpc) is 1.21. The third-order valence-electron chi connectivity index (χ3n) is 0.346. The Morgan fingerprint density at radius 1 is 1.50 bits per heavy atom. The van der Waals surface area contributed by atoms with Crippen molar-refractivity contribution in [3.05, 3.63) is 0 Å². The van der Waals surface area contributed by atoms with Crippen molar-refractivity contribution in [3.8, 4) is 0 Å². The summed E-state index contributed by atoms with van der Waals surface area (Å²) in [5, 5.41) is 0. The Bertz CT molecular complexity index is 96.7. The minimum Gasteiger partial charge on any atom is -0.125 e. The highest BCUT2D eigenvalue weighted by molar-refractivity contribution is 7.69. The zero-order valence-corrected chi connectivity index (χ0v) is 6.79. The van der Waals surface area contributed by atoms with Gasteiger partial charge >= 0.3 is 7.38 Å². The van der Waals surface area contributed by atoms with Crippen LogP contribution >= 0.6 is 18.6 Å². The van der Waals surface area contributed by atoms with Crippen LogP contribution in [0.1, 0.15) is 20.8 Å². The lowest BCUT2D eigenvalue weighted by atomic mass is 10.2. The molecule has 0 radical (unpaired) electrons. The van der Waals surface area contributed by atoms with Gasteiger partial charge in [0.25, 0.3) is 0 Å². The van der Waals surface area contributed by atoms with Gasteiger partial charge in [-0.05, 0) is 25.3 Å². The van der Waals surface area contributed by atoms with Gasteiger partial charge in [-0.25, -0.2) is 0 Å². The Morgan fingerprint density at radius 3 is 1.88 bits per heavy atom. The number of hydrogen-bond acceptors (Lipinski definition) is 2. The molecule has 0 bridgehead atoms. The normalized spacial score (nSPS) is 13.8. The van der Waals surface area contributed by atoms with E-state index in [1.54, 1.807) is 20.8 Å². The molecule has 4 heteroatoms. The highest BCUT2D eigenvalue weighted by Crippen LogP contribution is 2.33. The van der Waals surface area contributed by atoms with E-state index in [4.69, 9.17) is 15.8 Å². The Labute approximate surface area is 54.8 Å². The maximum absolute atomic E-state index is 10.2. The second-order valence-corrected chi connectivity index (χ2v) is 3.85. The monoisotopic (exact) mass is 155 g/mol. The quantitative estimate of drug-likeness (QED) is 0.545. The van der Waals surface area contributed by atoms with E-state index in [0.717, 1.165) is 0 Å². The van der Waals surface area contributed by atoms with Crippen molar-refractivity contribution in [2.24, 2.45) is 0 Å². The van der Waals surface area contributed by atoms with Gasteiger partial charge in [0.1, 0.15) is 5.60 Å². The van der Waals surface area contributed by atoms with Crippen molar-refractivity contribution in [2.45, 2.75) is 26.4 Å². The summed E-state index contributed by atoms with van der Waals surface area (Å²) in [6, 6.07) is 0. The summed E-state index contributed by atoms with van der Waals surface area (Å²) in [6.07, 6.45) is 0. The van der Waals surface area contributed by atoms with Gasteiger partial charge in [0.15, 0.2) is 0 Å². The molecule has 1 unspecified atom stereocenters. The van der Waals surface area contributed by atoms with Crippen molar-refractivity contribution in [3.63, 3.8) is 0 Å². The molecular formula is C4H9ClO2P+. The third kappa shape index (κ3) is 6.35. The number of hydrogen-bond donors (Lipinski definition) is 0. The average molecular weight is 156 g/mol. The molecule has 0 aliphatic carbocycles. The van der Waals surface area contributed by atoms with Gasteiger partial charge < -0.3 is 0 Å². The zero-order chi connectivity index (χ0) is 6.78. The predicted molar refractivity (Wildman–Crippen MR) is 34.3 cm³/mol. The molecule has 8 heavy (non-hydrogen) atoms. The summed E-state index contributed by atoms with van der Waals surface area (Å²) in [7, 11) is -1.97. The first-order chi connectivity index (χ1) is 3.42. The summed E-state index contributed by atoms with van der Waals surface area (Å²) >= 11 is 5.05. The Morgan fingerprint density at radius 2 is 1.88 bits per heavy atom. The van der Waals surface area contributed by atoms with Crippen LogP contribution in [0.2, 0.25) is 0 Å². The number of rotatable bonds is 1. The molecule has 0 aromatic heterocycles. The summed E-state index contributed by atoms with van der Waals surface area (Å²) < 4.78 is 14.9. The molecular weight excluding hydrogens is 146 g/mol. The van der Waals surface area contributed by atoms with E-state index in [2.05, 4.69) is 0 Å². The van der Waals surface area contributed by atoms with Gasteiger partial charge in [-0.3, -0.25) is 0 Å². The fourth-order valence-electron chi connectivity index (χ4n) is 0.215.